The first-order valence-corrected chi connectivity index (χ1v) is 8.86. The number of benzene rings is 1. The molecule has 2 aromatic rings. The van der Waals surface area contributed by atoms with Crippen molar-refractivity contribution in [3.8, 4) is 0 Å². The quantitative estimate of drug-likeness (QED) is 0.880. The number of hydrogen-bond acceptors (Lipinski definition) is 3. The molecule has 0 atom stereocenters. The third-order valence-corrected chi connectivity index (χ3v) is 5.40. The Kier molecular flexibility index (Phi) is 5.15. The van der Waals surface area contributed by atoms with E-state index in [1.54, 1.807) is 6.07 Å². The molecule has 25 heavy (non-hydrogen) atoms. The molecule has 1 fully saturated rings. The first-order chi connectivity index (χ1) is 11.9. The number of rotatable bonds is 4. The Morgan fingerprint density at radius 3 is 2.60 bits per heavy atom. The fraction of sp³-hybridized carbons (Fsp3) is 0.389. The minimum Gasteiger partial charge on any atom is -0.381 e. The number of amides is 1. The van der Waals surface area contributed by atoms with Gasteiger partial charge in [0.2, 0.25) is 5.91 Å². The van der Waals surface area contributed by atoms with Gasteiger partial charge in [0.25, 0.3) is 0 Å². The highest BCUT2D eigenvalue weighted by Crippen LogP contribution is 2.38. The van der Waals surface area contributed by atoms with Crippen LogP contribution in [-0.2, 0) is 27.7 Å². The van der Waals surface area contributed by atoms with E-state index in [0.717, 1.165) is 17.0 Å². The molecule has 2 heterocycles. The second-order valence-corrected chi connectivity index (χ2v) is 7.07. The van der Waals surface area contributed by atoms with Crippen molar-refractivity contribution >= 4 is 17.2 Å². The van der Waals surface area contributed by atoms with Crippen molar-refractivity contribution in [2.24, 2.45) is 0 Å². The Labute approximate surface area is 147 Å². The molecule has 1 N–H and O–H groups in total. The maximum absolute atomic E-state index is 13.1. The van der Waals surface area contributed by atoms with E-state index in [0.29, 0.717) is 38.2 Å². The molecule has 1 amide bonds. The van der Waals surface area contributed by atoms with E-state index in [1.807, 2.05) is 17.5 Å². The Morgan fingerprint density at radius 1 is 1.20 bits per heavy atom. The molecule has 1 aromatic heterocycles. The predicted molar refractivity (Wildman–Crippen MR) is 89.3 cm³/mol. The van der Waals surface area contributed by atoms with Crippen LogP contribution in [0.25, 0.3) is 0 Å². The molecule has 1 aliphatic heterocycles. The summed E-state index contributed by atoms with van der Waals surface area (Å²) >= 11 is 1.52. The average Bonchev–Trinajstić information content (AvgIpc) is 3.13. The van der Waals surface area contributed by atoms with E-state index < -0.39 is 17.2 Å². The van der Waals surface area contributed by atoms with E-state index in [1.165, 1.54) is 17.4 Å². The van der Waals surface area contributed by atoms with Crippen LogP contribution in [0.4, 0.5) is 13.2 Å². The van der Waals surface area contributed by atoms with Crippen molar-refractivity contribution in [3.63, 3.8) is 0 Å². The smallest absolute Gasteiger partial charge is 0.381 e. The van der Waals surface area contributed by atoms with Gasteiger partial charge in [-0.05, 0) is 35.9 Å². The molecular formula is C18H18F3NO2S. The van der Waals surface area contributed by atoms with E-state index in [-0.39, 0.29) is 5.91 Å². The minimum atomic E-state index is -4.43. The van der Waals surface area contributed by atoms with Crippen molar-refractivity contribution in [2.45, 2.75) is 31.0 Å². The van der Waals surface area contributed by atoms with Gasteiger partial charge in [-0.1, -0.05) is 24.3 Å². The largest absolute Gasteiger partial charge is 0.416 e. The van der Waals surface area contributed by atoms with Crippen molar-refractivity contribution in [1.29, 1.82) is 0 Å². The topological polar surface area (TPSA) is 38.3 Å². The van der Waals surface area contributed by atoms with Crippen LogP contribution in [0, 0.1) is 0 Å². The summed E-state index contributed by atoms with van der Waals surface area (Å²) in [6.07, 6.45) is -3.70. The Morgan fingerprint density at radius 2 is 1.96 bits per heavy atom. The standard InChI is InChI=1S/C18H18F3NO2S/c19-18(20,21)14-4-1-3-13(11-14)17(6-8-24-9-7-17)16(23)22-12-15-5-2-10-25-15/h1-5,10-11H,6-9,12H2,(H,22,23). The summed E-state index contributed by atoms with van der Waals surface area (Å²) in [7, 11) is 0. The first kappa shape index (κ1) is 17.9. The first-order valence-electron chi connectivity index (χ1n) is 7.98. The summed E-state index contributed by atoms with van der Waals surface area (Å²) < 4.78 is 44.6. The van der Waals surface area contributed by atoms with Crippen molar-refractivity contribution < 1.29 is 22.7 Å². The summed E-state index contributed by atoms with van der Waals surface area (Å²) in [5.41, 5.74) is -1.33. The number of hydrogen-bond donors (Lipinski definition) is 1. The van der Waals surface area contributed by atoms with E-state index in [9.17, 15) is 18.0 Å². The molecule has 3 rings (SSSR count). The number of carbonyl (C=O) groups excluding carboxylic acids is 1. The Hall–Kier alpha value is -1.86. The maximum Gasteiger partial charge on any atom is 0.416 e. The zero-order chi connectivity index (χ0) is 17.9. The molecule has 1 aliphatic rings. The molecule has 1 saturated heterocycles. The summed E-state index contributed by atoms with van der Waals surface area (Å²) in [6, 6.07) is 8.89. The van der Waals surface area contributed by atoms with Crippen molar-refractivity contribution in [3.05, 3.63) is 57.8 Å². The molecular weight excluding hydrogens is 351 g/mol. The van der Waals surface area contributed by atoms with Crippen LogP contribution in [0.5, 0.6) is 0 Å². The third kappa shape index (κ3) is 3.88. The number of ether oxygens (including phenoxy) is 1. The van der Waals surface area contributed by atoms with Gasteiger partial charge in [0.1, 0.15) is 0 Å². The average molecular weight is 369 g/mol. The highest BCUT2D eigenvalue weighted by atomic mass is 32.1. The number of halogens is 3. The van der Waals surface area contributed by atoms with Crippen LogP contribution in [0.1, 0.15) is 28.8 Å². The molecule has 0 radical (unpaired) electrons. The number of nitrogens with one attached hydrogen (secondary N) is 1. The van der Waals surface area contributed by atoms with Gasteiger partial charge in [0, 0.05) is 18.1 Å². The van der Waals surface area contributed by atoms with Crippen LogP contribution in [0.2, 0.25) is 0 Å². The number of thiophene rings is 1. The fourth-order valence-corrected chi connectivity index (χ4v) is 3.75. The molecule has 0 unspecified atom stereocenters. The van der Waals surface area contributed by atoms with Gasteiger partial charge in [-0.25, -0.2) is 0 Å². The molecule has 1 aromatic carbocycles. The van der Waals surface area contributed by atoms with Crippen molar-refractivity contribution in [2.75, 3.05) is 13.2 Å². The van der Waals surface area contributed by atoms with Gasteiger partial charge in [-0.3, -0.25) is 4.79 Å². The third-order valence-electron chi connectivity index (χ3n) is 4.53. The van der Waals surface area contributed by atoms with Crippen LogP contribution in [0.15, 0.2) is 41.8 Å². The van der Waals surface area contributed by atoms with Gasteiger partial charge < -0.3 is 10.1 Å². The van der Waals surface area contributed by atoms with E-state index in [4.69, 9.17) is 4.74 Å². The zero-order valence-corrected chi connectivity index (χ0v) is 14.3. The number of carbonyl (C=O) groups is 1. The van der Waals surface area contributed by atoms with Crippen molar-refractivity contribution in [1.82, 2.24) is 5.32 Å². The van der Waals surface area contributed by atoms with Gasteiger partial charge in [-0.15, -0.1) is 11.3 Å². The van der Waals surface area contributed by atoms with Gasteiger partial charge >= 0.3 is 6.18 Å². The predicted octanol–water partition coefficient (Wildman–Crippen LogP) is 4.13. The molecule has 134 valence electrons. The molecule has 0 aliphatic carbocycles. The van der Waals surface area contributed by atoms with Crippen LogP contribution >= 0.6 is 11.3 Å². The summed E-state index contributed by atoms with van der Waals surface area (Å²) in [5, 5.41) is 4.80. The Bertz CT molecular complexity index is 722. The second-order valence-electron chi connectivity index (χ2n) is 6.04. The lowest BCUT2D eigenvalue weighted by atomic mass is 9.73. The molecule has 0 spiro atoms. The fourth-order valence-electron chi connectivity index (χ4n) is 3.11. The minimum absolute atomic E-state index is 0.247. The van der Waals surface area contributed by atoms with Crippen LogP contribution in [0.3, 0.4) is 0 Å². The second kappa shape index (κ2) is 7.17. The lowest BCUT2D eigenvalue weighted by molar-refractivity contribution is -0.138. The monoisotopic (exact) mass is 369 g/mol. The Balaban J connectivity index is 1.89. The summed E-state index contributed by atoms with van der Waals surface area (Å²) in [5.74, 6) is -0.247. The van der Waals surface area contributed by atoms with E-state index in [2.05, 4.69) is 5.32 Å². The lowest BCUT2D eigenvalue weighted by Crippen LogP contribution is -2.47. The molecule has 7 heteroatoms. The number of alkyl halides is 3. The normalized spacial score (nSPS) is 17.2. The van der Waals surface area contributed by atoms with E-state index >= 15 is 0 Å². The van der Waals surface area contributed by atoms with Crippen LogP contribution < -0.4 is 5.32 Å². The summed E-state index contributed by atoms with van der Waals surface area (Å²) in [4.78, 5) is 13.9. The molecule has 3 nitrogen and oxygen atoms in total. The highest BCUT2D eigenvalue weighted by Gasteiger charge is 2.43. The zero-order valence-electron chi connectivity index (χ0n) is 13.4. The van der Waals surface area contributed by atoms with Gasteiger partial charge in [0.15, 0.2) is 0 Å². The molecule has 0 saturated carbocycles. The van der Waals surface area contributed by atoms with Crippen LogP contribution in [-0.4, -0.2) is 19.1 Å². The summed E-state index contributed by atoms with van der Waals surface area (Å²) in [6.45, 7) is 1.07. The highest BCUT2D eigenvalue weighted by molar-refractivity contribution is 7.09. The maximum atomic E-state index is 13.1. The van der Waals surface area contributed by atoms with Gasteiger partial charge in [0.05, 0.1) is 17.5 Å². The molecule has 0 bridgehead atoms. The lowest BCUT2D eigenvalue weighted by Gasteiger charge is -2.36. The van der Waals surface area contributed by atoms with Gasteiger partial charge in [-0.2, -0.15) is 13.2 Å². The SMILES string of the molecule is O=C(NCc1cccs1)C1(c2cccc(C(F)(F)F)c2)CCOCC1.